The first kappa shape index (κ1) is 10.5. The van der Waals surface area contributed by atoms with Gasteiger partial charge >= 0.3 is 0 Å². The molecule has 0 aliphatic heterocycles. The Bertz CT molecular complexity index is 254. The number of aryl methyl sites for hydroxylation is 1. The number of aromatic nitrogens is 2. The highest BCUT2D eigenvalue weighted by Gasteiger charge is 2.12. The van der Waals surface area contributed by atoms with E-state index in [0.717, 1.165) is 12.2 Å². The Morgan fingerprint density at radius 1 is 1.69 bits per heavy atom. The molecule has 1 atom stereocenters. The number of nitrogens with two attached hydrogens (primary N) is 1. The van der Waals surface area contributed by atoms with Crippen molar-refractivity contribution in [1.29, 1.82) is 0 Å². The third-order valence-electron chi connectivity index (χ3n) is 1.53. The summed E-state index contributed by atoms with van der Waals surface area (Å²) < 4.78 is 4.92. The summed E-state index contributed by atoms with van der Waals surface area (Å²) in [7, 11) is 0. The molecule has 1 rings (SSSR count). The maximum atomic E-state index is 8.72. The van der Waals surface area contributed by atoms with Gasteiger partial charge in [0.15, 0.2) is 5.82 Å². The maximum Gasteiger partial charge on any atom is 0.227 e. The van der Waals surface area contributed by atoms with Crippen LogP contribution in [0.1, 0.15) is 17.8 Å². The van der Waals surface area contributed by atoms with Crippen LogP contribution in [0.3, 0.4) is 0 Å². The molecule has 0 bridgehead atoms. The zero-order chi connectivity index (χ0) is 9.68. The molecule has 0 radical (unpaired) electrons. The van der Waals surface area contributed by atoms with Crippen molar-refractivity contribution in [2.24, 2.45) is 5.73 Å². The summed E-state index contributed by atoms with van der Waals surface area (Å²) in [6, 6.07) is -0.535. The second-order valence-electron chi connectivity index (χ2n) is 2.58. The number of thioether (sulfide) groups is 1. The van der Waals surface area contributed by atoms with E-state index in [4.69, 9.17) is 15.4 Å². The van der Waals surface area contributed by atoms with E-state index in [2.05, 4.69) is 10.1 Å². The van der Waals surface area contributed by atoms with Crippen molar-refractivity contribution in [2.45, 2.75) is 12.5 Å². The number of hydrogen-bond donors (Lipinski definition) is 2. The predicted molar refractivity (Wildman–Crippen MR) is 50.4 cm³/mol. The standard InChI is InChI=1S/C7H13N3O2S/c1-13-3-2-6-9-7(10-12-6)5(8)4-11/h5,11H,2-4,8H2,1H3. The van der Waals surface area contributed by atoms with Gasteiger partial charge in [0, 0.05) is 12.2 Å². The zero-order valence-electron chi connectivity index (χ0n) is 7.43. The third-order valence-corrected chi connectivity index (χ3v) is 2.14. The van der Waals surface area contributed by atoms with E-state index in [1.165, 1.54) is 0 Å². The molecule has 0 fully saturated rings. The molecule has 0 spiro atoms. The summed E-state index contributed by atoms with van der Waals surface area (Å²) >= 11 is 1.71. The Labute approximate surface area is 80.7 Å². The lowest BCUT2D eigenvalue weighted by atomic mass is 10.3. The first-order valence-electron chi connectivity index (χ1n) is 3.95. The lowest BCUT2D eigenvalue weighted by Gasteiger charge is -1.98. The zero-order valence-corrected chi connectivity index (χ0v) is 8.25. The molecular weight excluding hydrogens is 190 g/mol. The van der Waals surface area contributed by atoms with Crippen LogP contribution in [0.5, 0.6) is 0 Å². The van der Waals surface area contributed by atoms with Gasteiger partial charge in [0.25, 0.3) is 0 Å². The van der Waals surface area contributed by atoms with Gasteiger partial charge in [0.1, 0.15) is 0 Å². The molecule has 13 heavy (non-hydrogen) atoms. The van der Waals surface area contributed by atoms with Gasteiger partial charge < -0.3 is 15.4 Å². The summed E-state index contributed by atoms with van der Waals surface area (Å²) in [5.74, 6) is 1.89. The molecule has 3 N–H and O–H groups in total. The molecule has 0 amide bonds. The smallest absolute Gasteiger partial charge is 0.227 e. The van der Waals surface area contributed by atoms with Crippen LogP contribution in [-0.4, -0.2) is 33.9 Å². The van der Waals surface area contributed by atoms with Crippen LogP contribution in [0.4, 0.5) is 0 Å². The summed E-state index contributed by atoms with van der Waals surface area (Å²) in [4.78, 5) is 4.04. The summed E-state index contributed by atoms with van der Waals surface area (Å²) in [6.07, 6.45) is 2.75. The normalized spacial score (nSPS) is 13.2. The number of aliphatic hydroxyl groups is 1. The van der Waals surface area contributed by atoms with E-state index in [0.29, 0.717) is 11.7 Å². The molecule has 1 aromatic rings. The molecule has 1 heterocycles. The monoisotopic (exact) mass is 203 g/mol. The van der Waals surface area contributed by atoms with Gasteiger partial charge in [-0.25, -0.2) is 0 Å². The van der Waals surface area contributed by atoms with Crippen LogP contribution in [0.15, 0.2) is 4.52 Å². The molecule has 1 unspecified atom stereocenters. The quantitative estimate of drug-likeness (QED) is 0.699. The van der Waals surface area contributed by atoms with E-state index in [1.807, 2.05) is 6.26 Å². The van der Waals surface area contributed by atoms with E-state index in [9.17, 15) is 0 Å². The molecular formula is C7H13N3O2S. The van der Waals surface area contributed by atoms with Crippen molar-refractivity contribution in [3.8, 4) is 0 Å². The SMILES string of the molecule is CSCCc1nc(C(N)CO)no1. The number of aliphatic hydroxyl groups excluding tert-OH is 1. The summed E-state index contributed by atoms with van der Waals surface area (Å²) in [6.45, 7) is -0.165. The highest BCUT2D eigenvalue weighted by molar-refractivity contribution is 7.98. The van der Waals surface area contributed by atoms with E-state index < -0.39 is 6.04 Å². The predicted octanol–water partition coefficient (Wildman–Crippen LogP) is -0.0328. The number of rotatable bonds is 5. The van der Waals surface area contributed by atoms with Gasteiger partial charge in [-0.15, -0.1) is 0 Å². The highest BCUT2D eigenvalue weighted by Crippen LogP contribution is 2.07. The Balaban J connectivity index is 2.53. The van der Waals surface area contributed by atoms with Crippen molar-refractivity contribution in [3.63, 3.8) is 0 Å². The van der Waals surface area contributed by atoms with E-state index >= 15 is 0 Å². The van der Waals surface area contributed by atoms with Crippen LogP contribution in [0.25, 0.3) is 0 Å². The molecule has 0 aromatic carbocycles. The molecule has 0 aliphatic carbocycles. The van der Waals surface area contributed by atoms with Crippen molar-refractivity contribution in [2.75, 3.05) is 18.6 Å². The van der Waals surface area contributed by atoms with Crippen molar-refractivity contribution < 1.29 is 9.63 Å². The fourth-order valence-electron chi connectivity index (χ4n) is 0.791. The summed E-state index contributed by atoms with van der Waals surface area (Å²) in [5, 5.41) is 12.4. The van der Waals surface area contributed by atoms with Crippen LogP contribution in [-0.2, 0) is 6.42 Å². The average Bonchev–Trinajstić information content (AvgIpc) is 2.62. The van der Waals surface area contributed by atoms with Crippen molar-refractivity contribution in [1.82, 2.24) is 10.1 Å². The van der Waals surface area contributed by atoms with E-state index in [-0.39, 0.29) is 6.61 Å². The molecule has 0 saturated carbocycles. The van der Waals surface area contributed by atoms with E-state index in [1.54, 1.807) is 11.8 Å². The summed E-state index contributed by atoms with van der Waals surface area (Å²) in [5.41, 5.74) is 5.50. The second-order valence-corrected chi connectivity index (χ2v) is 3.56. The molecule has 1 aromatic heterocycles. The first-order chi connectivity index (χ1) is 6.27. The van der Waals surface area contributed by atoms with Crippen molar-refractivity contribution >= 4 is 11.8 Å². The minimum atomic E-state index is -0.535. The second kappa shape index (κ2) is 5.21. The number of nitrogens with zero attached hydrogens (tertiary/aromatic N) is 2. The molecule has 5 nitrogen and oxygen atoms in total. The lowest BCUT2D eigenvalue weighted by Crippen LogP contribution is -2.16. The van der Waals surface area contributed by atoms with Crippen LogP contribution < -0.4 is 5.73 Å². The number of hydrogen-bond acceptors (Lipinski definition) is 6. The van der Waals surface area contributed by atoms with Gasteiger partial charge in [0.05, 0.1) is 12.6 Å². The van der Waals surface area contributed by atoms with Crippen LogP contribution in [0.2, 0.25) is 0 Å². The van der Waals surface area contributed by atoms with Crippen LogP contribution in [0, 0.1) is 0 Å². The lowest BCUT2D eigenvalue weighted by molar-refractivity contribution is 0.259. The minimum Gasteiger partial charge on any atom is -0.394 e. The fraction of sp³-hybridized carbons (Fsp3) is 0.714. The van der Waals surface area contributed by atoms with Crippen LogP contribution >= 0.6 is 11.8 Å². The average molecular weight is 203 g/mol. The molecule has 0 aliphatic rings. The molecule has 6 heteroatoms. The Hall–Kier alpha value is -0.590. The van der Waals surface area contributed by atoms with Gasteiger partial charge in [-0.05, 0) is 6.26 Å². The topological polar surface area (TPSA) is 85.2 Å². The fourth-order valence-corrected chi connectivity index (χ4v) is 1.17. The molecule has 0 saturated heterocycles. The Morgan fingerprint density at radius 2 is 2.46 bits per heavy atom. The highest BCUT2D eigenvalue weighted by atomic mass is 32.2. The van der Waals surface area contributed by atoms with Crippen molar-refractivity contribution in [3.05, 3.63) is 11.7 Å². The van der Waals surface area contributed by atoms with Gasteiger partial charge in [-0.2, -0.15) is 16.7 Å². The maximum absolute atomic E-state index is 8.72. The molecule has 74 valence electrons. The largest absolute Gasteiger partial charge is 0.394 e. The Kier molecular flexibility index (Phi) is 4.20. The van der Waals surface area contributed by atoms with Gasteiger partial charge in [-0.1, -0.05) is 5.16 Å². The van der Waals surface area contributed by atoms with Gasteiger partial charge in [0.2, 0.25) is 5.89 Å². The first-order valence-corrected chi connectivity index (χ1v) is 5.35. The third kappa shape index (κ3) is 2.98. The Morgan fingerprint density at radius 3 is 3.08 bits per heavy atom. The van der Waals surface area contributed by atoms with Gasteiger partial charge in [-0.3, -0.25) is 0 Å². The minimum absolute atomic E-state index is 0.165.